The first-order valence-corrected chi connectivity index (χ1v) is 8.62. The molecule has 5 nitrogen and oxygen atoms in total. The van der Waals surface area contributed by atoms with Gasteiger partial charge in [-0.2, -0.15) is 0 Å². The second-order valence-corrected chi connectivity index (χ2v) is 10.5. The van der Waals surface area contributed by atoms with Crippen molar-refractivity contribution in [2.75, 3.05) is 13.2 Å². The lowest BCUT2D eigenvalue weighted by molar-refractivity contribution is -0.102. The van der Waals surface area contributed by atoms with Crippen molar-refractivity contribution >= 4 is 9.84 Å². The lowest BCUT2D eigenvalue weighted by Crippen LogP contribution is -2.45. The molecule has 2 heterocycles. The van der Waals surface area contributed by atoms with Gasteiger partial charge in [0.1, 0.15) is 23.6 Å². The van der Waals surface area contributed by atoms with E-state index >= 15 is 0 Å². The molecule has 6 heteroatoms. The predicted octanol–water partition coefficient (Wildman–Crippen LogP) is 1.55. The lowest BCUT2D eigenvalue weighted by atomic mass is 10.1. The van der Waals surface area contributed by atoms with Gasteiger partial charge in [-0.1, -0.05) is 0 Å². The van der Waals surface area contributed by atoms with Gasteiger partial charge < -0.3 is 14.2 Å². The van der Waals surface area contributed by atoms with E-state index in [1.807, 2.05) is 20.8 Å². The summed E-state index contributed by atoms with van der Waals surface area (Å²) in [4.78, 5) is 0. The highest BCUT2D eigenvalue weighted by atomic mass is 32.2. The largest absolute Gasteiger partial charge is 0.371 e. The molecular formula is C14H26O5S. The molecule has 0 radical (unpaired) electrons. The Morgan fingerprint density at radius 2 is 1.50 bits per heavy atom. The molecule has 0 aromatic heterocycles. The first-order chi connectivity index (χ1) is 8.93. The molecule has 2 fully saturated rings. The monoisotopic (exact) mass is 306 g/mol. The smallest absolute Gasteiger partial charge is 0.162 e. The van der Waals surface area contributed by atoms with Gasteiger partial charge in [0, 0.05) is 0 Å². The third kappa shape index (κ3) is 2.89. The molecule has 118 valence electrons. The Hall–Kier alpha value is -0.170. The topological polar surface area (TPSA) is 61.8 Å². The van der Waals surface area contributed by atoms with Crippen LogP contribution in [0.15, 0.2) is 0 Å². The van der Waals surface area contributed by atoms with Crippen LogP contribution in [0, 0.1) is 0 Å². The zero-order chi connectivity index (χ0) is 15.3. The van der Waals surface area contributed by atoms with Crippen molar-refractivity contribution in [2.45, 2.75) is 75.5 Å². The second-order valence-electron chi connectivity index (χ2n) is 7.56. The van der Waals surface area contributed by atoms with E-state index in [1.165, 1.54) is 0 Å². The van der Waals surface area contributed by atoms with Crippen molar-refractivity contribution in [2.24, 2.45) is 0 Å². The van der Waals surface area contributed by atoms with Crippen molar-refractivity contribution in [3.05, 3.63) is 0 Å². The molecule has 0 aromatic carbocycles. The Morgan fingerprint density at radius 1 is 0.950 bits per heavy atom. The fourth-order valence-corrected chi connectivity index (χ4v) is 4.46. The van der Waals surface area contributed by atoms with E-state index in [0.29, 0.717) is 6.61 Å². The van der Waals surface area contributed by atoms with Crippen LogP contribution in [-0.2, 0) is 24.0 Å². The molecule has 0 saturated carbocycles. The van der Waals surface area contributed by atoms with Crippen molar-refractivity contribution in [1.29, 1.82) is 0 Å². The summed E-state index contributed by atoms with van der Waals surface area (Å²) < 4.78 is 41.7. The molecule has 2 aliphatic heterocycles. The van der Waals surface area contributed by atoms with E-state index in [9.17, 15) is 8.42 Å². The van der Waals surface area contributed by atoms with E-state index in [0.717, 1.165) is 0 Å². The van der Waals surface area contributed by atoms with Crippen LogP contribution in [0.4, 0.5) is 0 Å². The zero-order valence-corrected chi connectivity index (χ0v) is 14.0. The van der Waals surface area contributed by atoms with E-state index in [1.54, 1.807) is 20.8 Å². The summed E-state index contributed by atoms with van der Waals surface area (Å²) in [6, 6.07) is 0. The second kappa shape index (κ2) is 4.93. The molecular weight excluding hydrogens is 280 g/mol. The first-order valence-electron chi connectivity index (χ1n) is 7.08. The highest BCUT2D eigenvalue weighted by Gasteiger charge is 2.55. The molecule has 0 aliphatic carbocycles. The van der Waals surface area contributed by atoms with Gasteiger partial charge in [-0.15, -0.1) is 0 Å². The Bertz CT molecular complexity index is 457. The molecule has 0 spiro atoms. The molecule has 1 unspecified atom stereocenters. The van der Waals surface area contributed by atoms with Crippen LogP contribution in [0.3, 0.4) is 0 Å². The third-order valence-electron chi connectivity index (χ3n) is 3.72. The number of sulfone groups is 1. The quantitative estimate of drug-likeness (QED) is 0.774. The molecule has 0 amide bonds. The van der Waals surface area contributed by atoms with Gasteiger partial charge in [0.05, 0.1) is 23.6 Å². The van der Waals surface area contributed by atoms with Crippen LogP contribution < -0.4 is 0 Å². The normalized spacial score (nSPS) is 35.3. The minimum absolute atomic E-state index is 0.193. The van der Waals surface area contributed by atoms with Crippen LogP contribution in [0.25, 0.3) is 0 Å². The van der Waals surface area contributed by atoms with Crippen LogP contribution in [0.1, 0.15) is 41.5 Å². The molecule has 20 heavy (non-hydrogen) atoms. The maximum absolute atomic E-state index is 12.6. The number of ether oxygens (including phenoxy) is 3. The summed E-state index contributed by atoms with van der Waals surface area (Å²) in [5.41, 5.74) is -0.298. The van der Waals surface area contributed by atoms with Crippen molar-refractivity contribution < 1.29 is 22.6 Å². The molecule has 2 rings (SSSR count). The summed E-state index contributed by atoms with van der Waals surface area (Å²) >= 11 is 0. The summed E-state index contributed by atoms with van der Waals surface area (Å²) in [5, 5.41) is -0.596. The van der Waals surface area contributed by atoms with Gasteiger partial charge in [-0.3, -0.25) is 0 Å². The lowest BCUT2D eigenvalue weighted by Gasteiger charge is -2.27. The van der Waals surface area contributed by atoms with Crippen molar-refractivity contribution in [3.63, 3.8) is 0 Å². The van der Waals surface area contributed by atoms with Gasteiger partial charge in [0.2, 0.25) is 0 Å². The van der Waals surface area contributed by atoms with Crippen LogP contribution in [-0.4, -0.2) is 55.5 Å². The summed E-state index contributed by atoms with van der Waals surface area (Å²) in [6.07, 6.45) is -0.886. The molecule has 0 bridgehead atoms. The van der Waals surface area contributed by atoms with E-state index in [2.05, 4.69) is 0 Å². The van der Waals surface area contributed by atoms with Gasteiger partial charge in [-0.25, -0.2) is 8.42 Å². The van der Waals surface area contributed by atoms with Crippen LogP contribution in [0.5, 0.6) is 0 Å². The Kier molecular flexibility index (Phi) is 4.00. The highest BCUT2D eigenvalue weighted by molar-refractivity contribution is 7.93. The zero-order valence-electron chi connectivity index (χ0n) is 13.2. The summed E-state index contributed by atoms with van der Waals surface area (Å²) in [7, 11) is -3.30. The third-order valence-corrected chi connectivity index (χ3v) is 6.63. The average molecular weight is 306 g/mol. The summed E-state index contributed by atoms with van der Waals surface area (Å²) in [6.45, 7) is 11.6. The average Bonchev–Trinajstić information content (AvgIpc) is 2.77. The summed E-state index contributed by atoms with van der Waals surface area (Å²) in [5.74, 6) is 0. The fraction of sp³-hybridized carbons (Fsp3) is 1.00. The number of fused-ring (bicyclic) bond motifs is 1. The van der Waals surface area contributed by atoms with Gasteiger partial charge in [0.25, 0.3) is 0 Å². The van der Waals surface area contributed by atoms with E-state index in [4.69, 9.17) is 14.2 Å². The minimum Gasteiger partial charge on any atom is -0.371 e. The van der Waals surface area contributed by atoms with Crippen molar-refractivity contribution in [3.8, 4) is 0 Å². The van der Waals surface area contributed by atoms with E-state index < -0.39 is 25.9 Å². The Morgan fingerprint density at radius 3 is 2.00 bits per heavy atom. The maximum atomic E-state index is 12.6. The van der Waals surface area contributed by atoms with Crippen molar-refractivity contribution in [1.82, 2.24) is 0 Å². The standard InChI is InChI=1S/C14H26O5S/c1-13(2,3)19-9-7-17-12-10(8-18-11(9)12)20(15,16)14(4,5)6/h9-12H,7-8H2,1-6H3/t9-,10?,11-,12-/m1/s1. The number of hydrogen-bond acceptors (Lipinski definition) is 5. The molecule has 2 saturated heterocycles. The van der Waals surface area contributed by atoms with Gasteiger partial charge in [-0.05, 0) is 41.5 Å². The first kappa shape index (κ1) is 16.2. The fourth-order valence-electron chi connectivity index (χ4n) is 2.70. The number of rotatable bonds is 2. The van der Waals surface area contributed by atoms with Crippen LogP contribution in [0.2, 0.25) is 0 Å². The molecule has 2 aliphatic rings. The molecule has 4 atom stereocenters. The number of hydrogen-bond donors (Lipinski definition) is 0. The van der Waals surface area contributed by atoms with E-state index in [-0.39, 0.29) is 24.4 Å². The Balaban J connectivity index is 2.15. The SMILES string of the molecule is CC(C)(C)O[C@@H]1CO[C@@H]2C(S(=O)(=O)C(C)(C)C)CO[C@@H]21. The highest BCUT2D eigenvalue weighted by Crippen LogP contribution is 2.37. The molecule has 0 N–H and O–H groups in total. The Labute approximate surface area is 121 Å². The minimum atomic E-state index is -3.30. The van der Waals surface area contributed by atoms with Crippen LogP contribution >= 0.6 is 0 Å². The maximum Gasteiger partial charge on any atom is 0.162 e. The van der Waals surface area contributed by atoms with Gasteiger partial charge in [0.15, 0.2) is 9.84 Å². The predicted molar refractivity (Wildman–Crippen MR) is 76.6 cm³/mol. The molecule has 0 aromatic rings. The van der Waals surface area contributed by atoms with Gasteiger partial charge >= 0.3 is 0 Å².